The number of methoxy groups -OCH3 is 1. The van der Waals surface area contributed by atoms with Crippen LogP contribution in [0.4, 0.5) is 5.95 Å². The lowest BCUT2D eigenvalue weighted by atomic mass is 10.1. The molecule has 0 unspecified atom stereocenters. The molecule has 0 saturated carbocycles. The summed E-state index contributed by atoms with van der Waals surface area (Å²) in [5, 5.41) is 0. The Morgan fingerprint density at radius 2 is 1.73 bits per heavy atom. The van der Waals surface area contributed by atoms with E-state index in [2.05, 4.69) is 40.2 Å². The minimum Gasteiger partial charge on any atom is -0.496 e. The third-order valence-electron chi connectivity index (χ3n) is 6.85. The Bertz CT molecular complexity index is 1270. The number of unbranched alkanes of at least 4 members (excludes halogenated alkanes) is 3. The van der Waals surface area contributed by atoms with E-state index in [1.165, 1.54) is 12.8 Å². The van der Waals surface area contributed by atoms with Gasteiger partial charge in [0, 0.05) is 24.8 Å². The molecule has 0 saturated heterocycles. The van der Waals surface area contributed by atoms with Gasteiger partial charge in [0.15, 0.2) is 6.61 Å². The number of nitrogens with zero attached hydrogens (tertiary/aromatic N) is 4. The third kappa shape index (κ3) is 9.74. The molecule has 0 spiro atoms. The number of hydrogen-bond donors (Lipinski definition) is 1. The fraction of sp³-hybridized carbons (Fsp3) is 0.548. The molecule has 0 bridgehead atoms. The minimum absolute atomic E-state index is 0.0171. The predicted molar refractivity (Wildman–Crippen MR) is 160 cm³/mol. The van der Waals surface area contributed by atoms with Crippen molar-refractivity contribution in [2.24, 2.45) is 0 Å². The van der Waals surface area contributed by atoms with Crippen LogP contribution < -0.4 is 10.5 Å². The Kier molecular flexibility index (Phi) is 12.9. The van der Waals surface area contributed by atoms with Crippen molar-refractivity contribution in [2.45, 2.75) is 78.7 Å². The first-order valence-electron chi connectivity index (χ1n) is 14.7. The standard InChI is InChI=1S/C31H45N5O5/c1-5-8-9-10-11-25-30-26(34-31(32)33-25)14-17-36(30)20-24-13-12-23(18-27(24)39-4)19-28(37)40-21-29(38)41-22-35(15-6-2)16-7-3/h12-14,17-18H,5-11,15-16,19-22H2,1-4H3,(H2,32,33,34). The Balaban J connectivity index is 1.61. The number of aryl methyl sites for hydroxylation is 1. The molecule has 2 aromatic heterocycles. The molecule has 0 aliphatic rings. The highest BCUT2D eigenvalue weighted by Crippen LogP contribution is 2.26. The SMILES string of the molecule is CCCCCCc1nc(N)nc2ccn(Cc3ccc(CC(=O)OCC(=O)OCN(CCC)CCC)cc3OC)c12. The van der Waals surface area contributed by atoms with Crippen molar-refractivity contribution in [3.8, 4) is 5.75 Å². The second-order valence-electron chi connectivity index (χ2n) is 10.3. The number of nitrogen functional groups attached to an aromatic ring is 1. The lowest BCUT2D eigenvalue weighted by Crippen LogP contribution is -2.30. The van der Waals surface area contributed by atoms with Gasteiger partial charge in [-0.3, -0.25) is 9.69 Å². The highest BCUT2D eigenvalue weighted by atomic mass is 16.6. The van der Waals surface area contributed by atoms with Crippen LogP contribution >= 0.6 is 0 Å². The summed E-state index contributed by atoms with van der Waals surface area (Å²) in [4.78, 5) is 35.5. The van der Waals surface area contributed by atoms with Gasteiger partial charge in [-0.25, -0.2) is 14.8 Å². The quantitative estimate of drug-likeness (QED) is 0.130. The summed E-state index contributed by atoms with van der Waals surface area (Å²) in [7, 11) is 1.61. The van der Waals surface area contributed by atoms with Crippen LogP contribution in [-0.4, -0.2) is 64.9 Å². The number of esters is 2. The van der Waals surface area contributed by atoms with Crippen molar-refractivity contribution in [3.05, 3.63) is 47.3 Å². The number of hydrogen-bond acceptors (Lipinski definition) is 9. The van der Waals surface area contributed by atoms with Gasteiger partial charge in [-0.2, -0.15) is 0 Å². The minimum atomic E-state index is -0.557. The van der Waals surface area contributed by atoms with Crippen molar-refractivity contribution in [1.82, 2.24) is 19.4 Å². The van der Waals surface area contributed by atoms with Crippen molar-refractivity contribution in [1.29, 1.82) is 0 Å². The van der Waals surface area contributed by atoms with E-state index in [1.807, 2.05) is 30.5 Å². The summed E-state index contributed by atoms with van der Waals surface area (Å²) in [6, 6.07) is 7.59. The molecule has 0 aliphatic heterocycles. The van der Waals surface area contributed by atoms with Crippen LogP contribution in [0.1, 0.15) is 76.1 Å². The number of carbonyl (C=O) groups excluding carboxylic acids is 2. The molecule has 1 aromatic carbocycles. The highest BCUT2D eigenvalue weighted by molar-refractivity contribution is 5.80. The fourth-order valence-electron chi connectivity index (χ4n) is 4.88. The summed E-state index contributed by atoms with van der Waals surface area (Å²) < 4.78 is 18.2. The average molecular weight is 568 g/mol. The third-order valence-corrected chi connectivity index (χ3v) is 6.85. The number of benzene rings is 1. The Morgan fingerprint density at radius 1 is 0.951 bits per heavy atom. The maximum Gasteiger partial charge on any atom is 0.345 e. The molecule has 2 heterocycles. The molecule has 10 nitrogen and oxygen atoms in total. The van der Waals surface area contributed by atoms with Gasteiger partial charge >= 0.3 is 11.9 Å². The van der Waals surface area contributed by atoms with Gasteiger partial charge in [0.25, 0.3) is 0 Å². The van der Waals surface area contributed by atoms with E-state index in [9.17, 15) is 9.59 Å². The molecule has 224 valence electrons. The molecule has 10 heteroatoms. The summed E-state index contributed by atoms with van der Waals surface area (Å²) in [5.41, 5.74) is 10.4. The van der Waals surface area contributed by atoms with Crippen molar-refractivity contribution < 1.29 is 23.8 Å². The molecule has 0 fully saturated rings. The van der Waals surface area contributed by atoms with Gasteiger partial charge < -0.3 is 24.5 Å². The normalized spacial score (nSPS) is 11.2. The summed E-state index contributed by atoms with van der Waals surface area (Å²) in [5.74, 6) is -0.116. The van der Waals surface area contributed by atoms with Gasteiger partial charge in [-0.1, -0.05) is 52.2 Å². The first-order chi connectivity index (χ1) is 19.9. The molecule has 0 aliphatic carbocycles. The van der Waals surface area contributed by atoms with Gasteiger partial charge in [0.2, 0.25) is 5.95 Å². The number of nitrogens with two attached hydrogens (primary N) is 1. The summed E-state index contributed by atoms with van der Waals surface area (Å²) in [6.07, 6.45) is 9.36. The number of carbonyl (C=O) groups is 2. The Hall–Kier alpha value is -3.66. The molecule has 0 amide bonds. The maximum absolute atomic E-state index is 12.4. The summed E-state index contributed by atoms with van der Waals surface area (Å²) >= 11 is 0. The number of aromatic nitrogens is 3. The predicted octanol–water partition coefficient (Wildman–Crippen LogP) is 4.90. The van der Waals surface area contributed by atoms with Crippen molar-refractivity contribution in [2.75, 3.05) is 39.3 Å². The van der Waals surface area contributed by atoms with Gasteiger partial charge in [-0.15, -0.1) is 0 Å². The zero-order chi connectivity index (χ0) is 29.6. The van der Waals surface area contributed by atoms with Crippen LogP contribution in [0.25, 0.3) is 11.0 Å². The molecule has 3 aromatic rings. The number of anilines is 1. The van der Waals surface area contributed by atoms with Crippen molar-refractivity contribution in [3.63, 3.8) is 0 Å². The number of fused-ring (bicyclic) bond motifs is 1. The largest absolute Gasteiger partial charge is 0.496 e. The van der Waals surface area contributed by atoms with Crippen LogP contribution in [0.15, 0.2) is 30.5 Å². The molecular weight excluding hydrogens is 522 g/mol. The first-order valence-corrected chi connectivity index (χ1v) is 14.7. The monoisotopic (exact) mass is 567 g/mol. The first kappa shape index (κ1) is 31.9. The Morgan fingerprint density at radius 3 is 2.44 bits per heavy atom. The fourth-order valence-corrected chi connectivity index (χ4v) is 4.88. The van der Waals surface area contributed by atoms with E-state index in [4.69, 9.17) is 19.9 Å². The molecule has 2 N–H and O–H groups in total. The van der Waals surface area contributed by atoms with Crippen LogP contribution in [0, 0.1) is 0 Å². The van der Waals surface area contributed by atoms with E-state index < -0.39 is 18.5 Å². The number of ether oxygens (including phenoxy) is 3. The second-order valence-corrected chi connectivity index (χ2v) is 10.3. The van der Waals surface area contributed by atoms with Crippen LogP contribution in [0.3, 0.4) is 0 Å². The van der Waals surface area contributed by atoms with E-state index in [1.54, 1.807) is 7.11 Å². The van der Waals surface area contributed by atoms with Crippen molar-refractivity contribution >= 4 is 28.9 Å². The van der Waals surface area contributed by atoms with E-state index in [0.29, 0.717) is 12.3 Å². The molecule has 0 atom stereocenters. The van der Waals surface area contributed by atoms with Gasteiger partial charge in [0.05, 0.1) is 36.8 Å². The van der Waals surface area contributed by atoms with Crippen LogP contribution in [-0.2, 0) is 38.4 Å². The maximum atomic E-state index is 12.4. The molecule has 41 heavy (non-hydrogen) atoms. The second kappa shape index (κ2) is 16.6. The lowest BCUT2D eigenvalue weighted by Gasteiger charge is -2.20. The van der Waals surface area contributed by atoms with Crippen LogP contribution in [0.5, 0.6) is 5.75 Å². The van der Waals surface area contributed by atoms with Gasteiger partial charge in [0.1, 0.15) is 12.5 Å². The van der Waals surface area contributed by atoms with Crippen LogP contribution in [0.2, 0.25) is 0 Å². The molecular formula is C31H45N5O5. The average Bonchev–Trinajstić information content (AvgIpc) is 3.36. The zero-order valence-electron chi connectivity index (χ0n) is 25.0. The molecule has 3 rings (SSSR count). The highest BCUT2D eigenvalue weighted by Gasteiger charge is 2.16. The van der Waals surface area contributed by atoms with E-state index >= 15 is 0 Å². The Labute approximate surface area is 243 Å². The van der Waals surface area contributed by atoms with E-state index in [-0.39, 0.29) is 19.1 Å². The smallest absolute Gasteiger partial charge is 0.345 e. The van der Waals surface area contributed by atoms with E-state index in [0.717, 1.165) is 73.0 Å². The van der Waals surface area contributed by atoms with Gasteiger partial charge in [-0.05, 0) is 43.4 Å². The topological polar surface area (TPSA) is 122 Å². The zero-order valence-corrected chi connectivity index (χ0v) is 25.0. The number of rotatable bonds is 18. The molecule has 0 radical (unpaired) electrons. The lowest BCUT2D eigenvalue weighted by molar-refractivity contribution is -0.161. The summed E-state index contributed by atoms with van der Waals surface area (Å²) in [6.45, 7) is 8.39.